The maximum atomic E-state index is 10.6. The molecule has 0 aromatic heterocycles. The Bertz CT molecular complexity index is 583. The van der Waals surface area contributed by atoms with E-state index >= 15 is 0 Å². The summed E-state index contributed by atoms with van der Waals surface area (Å²) in [7, 11) is 0. The number of carbonyl (C=O) groups is 1. The Labute approximate surface area is 129 Å². The Kier molecular flexibility index (Phi) is 5.80. The van der Waals surface area contributed by atoms with Crippen LogP contribution in [-0.2, 0) is 4.79 Å². The predicted molar refractivity (Wildman–Crippen MR) is 83.3 cm³/mol. The molecule has 3 N–H and O–H groups in total. The molecule has 2 aromatic carbocycles. The van der Waals surface area contributed by atoms with Crippen molar-refractivity contribution in [1.29, 1.82) is 0 Å². The molecule has 0 unspecified atom stereocenters. The quantitative estimate of drug-likeness (QED) is 0.732. The lowest BCUT2D eigenvalue weighted by Gasteiger charge is -2.09. The lowest BCUT2D eigenvalue weighted by atomic mass is 10.2. The lowest BCUT2D eigenvalue weighted by Crippen LogP contribution is -2.30. The average molecular weight is 301 g/mol. The van der Waals surface area contributed by atoms with E-state index in [1.807, 2.05) is 54.6 Å². The molecule has 1 atom stereocenters. The molecule has 0 aliphatic carbocycles. The fourth-order valence-corrected chi connectivity index (χ4v) is 1.85. The van der Waals surface area contributed by atoms with E-state index in [0.717, 1.165) is 11.5 Å². The van der Waals surface area contributed by atoms with Gasteiger partial charge in [-0.05, 0) is 49.2 Å². The number of benzene rings is 2. The number of nitrogens with two attached hydrogens (primary N) is 1. The second kappa shape index (κ2) is 8.05. The zero-order chi connectivity index (χ0) is 15.8. The van der Waals surface area contributed by atoms with Gasteiger partial charge in [0.15, 0.2) is 0 Å². The van der Waals surface area contributed by atoms with E-state index in [1.54, 1.807) is 0 Å². The first-order valence-corrected chi connectivity index (χ1v) is 7.09. The highest BCUT2D eigenvalue weighted by atomic mass is 16.5. The van der Waals surface area contributed by atoms with Crippen molar-refractivity contribution >= 4 is 5.97 Å². The zero-order valence-corrected chi connectivity index (χ0v) is 12.1. The molecule has 0 saturated carbocycles. The van der Waals surface area contributed by atoms with Gasteiger partial charge in [0, 0.05) is 0 Å². The lowest BCUT2D eigenvalue weighted by molar-refractivity contribution is -0.138. The first kappa shape index (κ1) is 15.9. The number of ether oxygens (including phenoxy) is 2. The highest BCUT2D eigenvalue weighted by Gasteiger charge is 2.10. The van der Waals surface area contributed by atoms with Crippen LogP contribution in [0, 0.1) is 0 Å². The molecule has 0 fully saturated rings. The van der Waals surface area contributed by atoms with Crippen molar-refractivity contribution in [3.05, 3.63) is 54.6 Å². The summed E-state index contributed by atoms with van der Waals surface area (Å²) in [6.07, 6.45) is 0.986. The van der Waals surface area contributed by atoms with Gasteiger partial charge in [-0.3, -0.25) is 4.79 Å². The first-order valence-electron chi connectivity index (χ1n) is 7.09. The van der Waals surface area contributed by atoms with Crippen LogP contribution in [0.15, 0.2) is 54.6 Å². The number of aliphatic carboxylic acids is 1. The minimum Gasteiger partial charge on any atom is -0.494 e. The molecular weight excluding hydrogens is 282 g/mol. The second-order valence-corrected chi connectivity index (χ2v) is 4.82. The van der Waals surface area contributed by atoms with E-state index in [4.69, 9.17) is 20.3 Å². The van der Waals surface area contributed by atoms with Crippen molar-refractivity contribution < 1.29 is 19.4 Å². The van der Waals surface area contributed by atoms with Gasteiger partial charge in [0.1, 0.15) is 23.3 Å². The van der Waals surface area contributed by atoms with Gasteiger partial charge < -0.3 is 20.3 Å². The van der Waals surface area contributed by atoms with Gasteiger partial charge in [0.25, 0.3) is 0 Å². The van der Waals surface area contributed by atoms with E-state index in [0.29, 0.717) is 25.2 Å². The van der Waals surface area contributed by atoms with Gasteiger partial charge >= 0.3 is 5.97 Å². The van der Waals surface area contributed by atoms with E-state index in [1.165, 1.54) is 0 Å². The molecule has 116 valence electrons. The molecule has 0 aliphatic heterocycles. The predicted octanol–water partition coefficient (Wildman–Crippen LogP) is 3.05. The van der Waals surface area contributed by atoms with Gasteiger partial charge in [0.2, 0.25) is 0 Å². The first-order chi connectivity index (χ1) is 10.6. The van der Waals surface area contributed by atoms with Crippen LogP contribution in [-0.4, -0.2) is 23.7 Å². The van der Waals surface area contributed by atoms with Crippen molar-refractivity contribution in [1.82, 2.24) is 0 Å². The normalized spacial score (nSPS) is 11.7. The number of rotatable bonds is 8. The van der Waals surface area contributed by atoms with Crippen molar-refractivity contribution in [2.75, 3.05) is 6.61 Å². The summed E-state index contributed by atoms with van der Waals surface area (Å²) >= 11 is 0. The number of hydrogen-bond acceptors (Lipinski definition) is 4. The van der Waals surface area contributed by atoms with Gasteiger partial charge in [-0.2, -0.15) is 0 Å². The highest BCUT2D eigenvalue weighted by molar-refractivity contribution is 5.72. The van der Waals surface area contributed by atoms with E-state index in [-0.39, 0.29) is 0 Å². The number of para-hydroxylation sites is 1. The molecule has 0 aliphatic rings. The number of hydrogen-bond donors (Lipinski definition) is 2. The Morgan fingerprint density at radius 2 is 1.59 bits per heavy atom. The van der Waals surface area contributed by atoms with Crippen molar-refractivity contribution in [3.63, 3.8) is 0 Å². The summed E-state index contributed by atoms with van der Waals surface area (Å²) < 4.78 is 11.2. The largest absolute Gasteiger partial charge is 0.494 e. The topological polar surface area (TPSA) is 81.8 Å². The molecule has 0 radical (unpaired) electrons. The smallest absolute Gasteiger partial charge is 0.320 e. The minimum absolute atomic E-state index is 0.393. The highest BCUT2D eigenvalue weighted by Crippen LogP contribution is 2.23. The molecule has 0 spiro atoms. The third kappa shape index (κ3) is 5.10. The van der Waals surface area contributed by atoms with Gasteiger partial charge in [-0.15, -0.1) is 0 Å². The van der Waals surface area contributed by atoms with Crippen LogP contribution in [0.1, 0.15) is 12.8 Å². The SMILES string of the molecule is N[C@@H](CCCOc1ccc(Oc2ccccc2)cc1)C(=O)O. The van der Waals surface area contributed by atoms with E-state index < -0.39 is 12.0 Å². The van der Waals surface area contributed by atoms with Crippen LogP contribution in [0.4, 0.5) is 0 Å². The maximum absolute atomic E-state index is 10.6. The van der Waals surface area contributed by atoms with Gasteiger partial charge in [-0.25, -0.2) is 0 Å². The third-order valence-corrected chi connectivity index (χ3v) is 3.05. The fraction of sp³-hybridized carbons (Fsp3) is 0.235. The molecule has 2 aromatic rings. The monoisotopic (exact) mass is 301 g/mol. The summed E-state index contributed by atoms with van der Waals surface area (Å²) in [6, 6.07) is 16.0. The Morgan fingerprint density at radius 3 is 2.23 bits per heavy atom. The van der Waals surface area contributed by atoms with E-state index in [2.05, 4.69) is 0 Å². The average Bonchev–Trinajstić information content (AvgIpc) is 2.53. The molecule has 0 amide bonds. The molecule has 0 bridgehead atoms. The van der Waals surface area contributed by atoms with E-state index in [9.17, 15) is 4.79 Å². The molecule has 0 heterocycles. The van der Waals surface area contributed by atoms with Crippen LogP contribution < -0.4 is 15.2 Å². The van der Waals surface area contributed by atoms with Crippen molar-refractivity contribution in [2.45, 2.75) is 18.9 Å². The van der Waals surface area contributed by atoms with Crippen LogP contribution in [0.5, 0.6) is 17.2 Å². The molecule has 5 heteroatoms. The van der Waals surface area contributed by atoms with Crippen LogP contribution in [0.25, 0.3) is 0 Å². The van der Waals surface area contributed by atoms with Crippen molar-refractivity contribution in [2.24, 2.45) is 5.73 Å². The van der Waals surface area contributed by atoms with Gasteiger partial charge in [0.05, 0.1) is 6.61 Å². The molecule has 5 nitrogen and oxygen atoms in total. The van der Waals surface area contributed by atoms with Crippen LogP contribution >= 0.6 is 0 Å². The standard InChI is InChI=1S/C17H19NO4/c18-16(17(19)20)7-4-12-21-13-8-10-15(11-9-13)22-14-5-2-1-3-6-14/h1-3,5-6,8-11,16H,4,7,12,18H2,(H,19,20)/t16-/m0/s1. The summed E-state index contributed by atoms with van der Waals surface area (Å²) in [5.74, 6) is 1.23. The van der Waals surface area contributed by atoms with Crippen LogP contribution in [0.3, 0.4) is 0 Å². The number of carboxylic acid groups (broad SMARTS) is 1. The summed E-state index contributed by atoms with van der Waals surface area (Å²) in [5.41, 5.74) is 5.42. The van der Waals surface area contributed by atoms with Gasteiger partial charge in [-0.1, -0.05) is 18.2 Å². The molecular formula is C17H19NO4. The number of carboxylic acids is 1. The molecule has 2 rings (SSSR count). The Morgan fingerprint density at radius 1 is 1.00 bits per heavy atom. The minimum atomic E-state index is -0.984. The summed E-state index contributed by atoms with van der Waals surface area (Å²) in [4.78, 5) is 10.6. The van der Waals surface area contributed by atoms with Crippen molar-refractivity contribution in [3.8, 4) is 17.2 Å². The van der Waals surface area contributed by atoms with Crippen LogP contribution in [0.2, 0.25) is 0 Å². The molecule has 22 heavy (non-hydrogen) atoms. The fourth-order valence-electron chi connectivity index (χ4n) is 1.85. The Balaban J connectivity index is 1.76. The second-order valence-electron chi connectivity index (χ2n) is 4.82. The maximum Gasteiger partial charge on any atom is 0.320 e. The summed E-state index contributed by atoms with van der Waals surface area (Å²) in [5, 5.41) is 8.67. The molecule has 0 saturated heterocycles. The third-order valence-electron chi connectivity index (χ3n) is 3.05. The zero-order valence-electron chi connectivity index (χ0n) is 12.1. The summed E-state index contributed by atoms with van der Waals surface area (Å²) in [6.45, 7) is 0.430. The Hall–Kier alpha value is -2.53.